The van der Waals surface area contributed by atoms with E-state index in [1.807, 2.05) is 18.2 Å². The number of hydrogen-bond donors (Lipinski definition) is 1. The Labute approximate surface area is 135 Å². The van der Waals surface area contributed by atoms with Gasteiger partial charge in [0, 0.05) is 24.6 Å². The summed E-state index contributed by atoms with van der Waals surface area (Å²) < 4.78 is 1.70. The Bertz CT molecular complexity index is 696. The van der Waals surface area contributed by atoms with Crippen LogP contribution in [0.1, 0.15) is 24.9 Å². The highest BCUT2D eigenvalue weighted by Crippen LogP contribution is 2.26. The van der Waals surface area contributed by atoms with Crippen molar-refractivity contribution in [2.45, 2.75) is 25.8 Å². The molecular formula is C17H20N4O2. The second-order valence-corrected chi connectivity index (χ2v) is 5.68. The van der Waals surface area contributed by atoms with Crippen molar-refractivity contribution in [1.82, 2.24) is 14.9 Å². The lowest BCUT2D eigenvalue weighted by Gasteiger charge is -2.29. The van der Waals surface area contributed by atoms with E-state index in [9.17, 15) is 9.59 Å². The van der Waals surface area contributed by atoms with Crippen LogP contribution in [0.4, 0.5) is 5.69 Å². The Morgan fingerprint density at radius 1 is 1.35 bits per heavy atom. The zero-order valence-corrected chi connectivity index (χ0v) is 13.1. The highest BCUT2D eigenvalue weighted by molar-refractivity contribution is 5.98. The summed E-state index contributed by atoms with van der Waals surface area (Å²) in [5, 5.41) is 2.72. The first-order chi connectivity index (χ1) is 11.2. The van der Waals surface area contributed by atoms with Gasteiger partial charge < -0.3 is 14.8 Å². The van der Waals surface area contributed by atoms with Crippen LogP contribution in [-0.2, 0) is 16.0 Å². The van der Waals surface area contributed by atoms with Gasteiger partial charge in [-0.25, -0.2) is 4.98 Å². The topological polar surface area (TPSA) is 67.2 Å². The lowest BCUT2D eigenvalue weighted by atomic mass is 10.0. The fraction of sp³-hybridized carbons (Fsp3) is 0.353. The van der Waals surface area contributed by atoms with Crippen LogP contribution in [0.2, 0.25) is 0 Å². The van der Waals surface area contributed by atoms with E-state index in [4.69, 9.17) is 0 Å². The van der Waals surface area contributed by atoms with Gasteiger partial charge in [0.25, 0.3) is 0 Å². The number of aromatic nitrogens is 2. The van der Waals surface area contributed by atoms with Crippen molar-refractivity contribution in [3.8, 4) is 0 Å². The predicted octanol–water partition coefficient (Wildman–Crippen LogP) is 1.54. The predicted molar refractivity (Wildman–Crippen MR) is 87.1 cm³/mol. The smallest absolute Gasteiger partial charge is 0.246 e. The van der Waals surface area contributed by atoms with Crippen molar-refractivity contribution in [3.05, 3.63) is 48.5 Å². The Morgan fingerprint density at radius 2 is 2.17 bits per heavy atom. The van der Waals surface area contributed by atoms with Crippen LogP contribution in [0, 0.1) is 0 Å². The maximum absolute atomic E-state index is 12.5. The lowest BCUT2D eigenvalue weighted by molar-refractivity contribution is -0.127. The quantitative estimate of drug-likeness (QED) is 0.931. The molecule has 120 valence electrons. The van der Waals surface area contributed by atoms with Crippen LogP contribution >= 0.6 is 0 Å². The number of benzene rings is 1. The van der Waals surface area contributed by atoms with E-state index in [1.165, 1.54) is 5.56 Å². The van der Waals surface area contributed by atoms with Crippen LogP contribution in [-0.4, -0.2) is 34.5 Å². The third-order valence-electron chi connectivity index (χ3n) is 4.18. The van der Waals surface area contributed by atoms with E-state index in [-0.39, 0.29) is 24.4 Å². The summed E-state index contributed by atoms with van der Waals surface area (Å²) in [6.45, 7) is 2.48. The van der Waals surface area contributed by atoms with Crippen molar-refractivity contribution >= 4 is 17.5 Å². The maximum atomic E-state index is 12.5. The number of nitrogens with one attached hydrogen (secondary N) is 1. The molecule has 3 rings (SSSR count). The molecule has 6 nitrogen and oxygen atoms in total. The van der Waals surface area contributed by atoms with Crippen LogP contribution in [0.3, 0.4) is 0 Å². The van der Waals surface area contributed by atoms with E-state index in [1.54, 1.807) is 35.1 Å². The molecule has 0 saturated heterocycles. The third kappa shape index (κ3) is 3.26. The Kier molecular flexibility index (Phi) is 4.41. The molecule has 1 atom stereocenters. The summed E-state index contributed by atoms with van der Waals surface area (Å²) in [6.07, 6.45) is 6.88. The summed E-state index contributed by atoms with van der Waals surface area (Å²) in [6, 6.07) is 7.54. The van der Waals surface area contributed by atoms with E-state index in [0.29, 0.717) is 6.54 Å². The first-order valence-electron chi connectivity index (χ1n) is 7.80. The molecule has 2 heterocycles. The molecule has 0 bridgehead atoms. The molecule has 0 spiro atoms. The molecule has 1 aromatic heterocycles. The molecule has 0 radical (unpaired) electrons. The van der Waals surface area contributed by atoms with Crippen molar-refractivity contribution in [1.29, 1.82) is 0 Å². The Hall–Kier alpha value is -2.63. The van der Waals surface area contributed by atoms with Gasteiger partial charge in [0.15, 0.2) is 0 Å². The molecule has 23 heavy (non-hydrogen) atoms. The fourth-order valence-electron chi connectivity index (χ4n) is 2.83. The van der Waals surface area contributed by atoms with Gasteiger partial charge >= 0.3 is 0 Å². The molecule has 1 aromatic carbocycles. The third-order valence-corrected chi connectivity index (χ3v) is 4.18. The molecule has 0 fully saturated rings. The molecule has 1 unspecified atom stereocenters. The molecule has 2 aromatic rings. The van der Waals surface area contributed by atoms with E-state index in [0.717, 1.165) is 18.5 Å². The molecule has 1 aliphatic rings. The minimum Gasteiger partial charge on any atom is -0.345 e. The number of fused-ring (bicyclic) bond motifs is 1. The van der Waals surface area contributed by atoms with Gasteiger partial charge in [0.1, 0.15) is 6.04 Å². The van der Waals surface area contributed by atoms with Crippen molar-refractivity contribution < 1.29 is 9.59 Å². The molecule has 0 saturated carbocycles. The summed E-state index contributed by atoms with van der Waals surface area (Å²) >= 11 is 0. The number of hydrogen-bond acceptors (Lipinski definition) is 3. The number of para-hydroxylation sites is 1. The van der Waals surface area contributed by atoms with Gasteiger partial charge in [-0.2, -0.15) is 0 Å². The molecule has 1 aliphatic heterocycles. The fourth-order valence-corrected chi connectivity index (χ4v) is 2.83. The van der Waals surface area contributed by atoms with E-state index >= 15 is 0 Å². The molecule has 0 aliphatic carbocycles. The first kappa shape index (κ1) is 15.3. The summed E-state index contributed by atoms with van der Waals surface area (Å²) in [4.78, 5) is 30.3. The summed E-state index contributed by atoms with van der Waals surface area (Å²) in [5.74, 6) is -0.273. The lowest BCUT2D eigenvalue weighted by Crippen LogP contribution is -2.43. The zero-order chi connectivity index (χ0) is 16.2. The Morgan fingerprint density at radius 3 is 2.96 bits per heavy atom. The molecular weight excluding hydrogens is 292 g/mol. The number of imidazole rings is 1. The van der Waals surface area contributed by atoms with Gasteiger partial charge in [0.2, 0.25) is 11.8 Å². The van der Waals surface area contributed by atoms with E-state index < -0.39 is 0 Å². The Balaban J connectivity index is 1.61. The highest BCUT2D eigenvalue weighted by Gasteiger charge is 2.23. The van der Waals surface area contributed by atoms with Gasteiger partial charge in [-0.1, -0.05) is 18.2 Å². The van der Waals surface area contributed by atoms with Crippen LogP contribution in [0.25, 0.3) is 0 Å². The largest absolute Gasteiger partial charge is 0.345 e. The number of rotatable bonds is 4. The number of anilines is 1. The SMILES string of the molecule is CC(C(=O)NCC(=O)N1CCCc2ccccc21)n1ccnc1. The van der Waals surface area contributed by atoms with Crippen molar-refractivity contribution in [2.75, 3.05) is 18.0 Å². The molecule has 6 heteroatoms. The second-order valence-electron chi connectivity index (χ2n) is 5.68. The molecule has 1 N–H and O–H groups in total. The maximum Gasteiger partial charge on any atom is 0.246 e. The van der Waals surface area contributed by atoms with Gasteiger partial charge in [-0.15, -0.1) is 0 Å². The van der Waals surface area contributed by atoms with Gasteiger partial charge in [-0.05, 0) is 31.4 Å². The van der Waals surface area contributed by atoms with Gasteiger partial charge in [-0.3, -0.25) is 9.59 Å². The minimum absolute atomic E-state index is 0.00616. The van der Waals surface area contributed by atoms with Crippen LogP contribution < -0.4 is 10.2 Å². The number of carbonyl (C=O) groups is 2. The van der Waals surface area contributed by atoms with Crippen LogP contribution in [0.15, 0.2) is 43.0 Å². The normalized spacial score (nSPS) is 14.9. The summed E-state index contributed by atoms with van der Waals surface area (Å²) in [7, 11) is 0. The second kappa shape index (κ2) is 6.64. The number of nitrogens with zero attached hydrogens (tertiary/aromatic N) is 3. The highest BCUT2D eigenvalue weighted by atomic mass is 16.2. The van der Waals surface area contributed by atoms with Gasteiger partial charge in [0.05, 0.1) is 12.9 Å². The molecule has 2 amide bonds. The monoisotopic (exact) mass is 312 g/mol. The average molecular weight is 312 g/mol. The summed E-state index contributed by atoms with van der Waals surface area (Å²) in [5.41, 5.74) is 2.14. The zero-order valence-electron chi connectivity index (χ0n) is 13.1. The van der Waals surface area contributed by atoms with Crippen molar-refractivity contribution in [3.63, 3.8) is 0 Å². The number of amides is 2. The van der Waals surface area contributed by atoms with Crippen molar-refractivity contribution in [2.24, 2.45) is 0 Å². The standard InChI is InChI=1S/C17H20N4O2/c1-13(20-10-8-18-12-20)17(23)19-11-16(22)21-9-4-6-14-5-2-3-7-15(14)21/h2-3,5,7-8,10,12-13H,4,6,9,11H2,1H3,(H,19,23). The average Bonchev–Trinajstić information content (AvgIpc) is 3.12. The minimum atomic E-state index is -0.390. The van der Waals surface area contributed by atoms with Crippen LogP contribution in [0.5, 0.6) is 0 Å². The number of carbonyl (C=O) groups excluding carboxylic acids is 2. The number of aryl methyl sites for hydroxylation is 1. The van der Waals surface area contributed by atoms with E-state index in [2.05, 4.69) is 16.4 Å². The first-order valence-corrected chi connectivity index (χ1v) is 7.80.